The van der Waals surface area contributed by atoms with Gasteiger partial charge in [-0.3, -0.25) is 0 Å². The third-order valence-corrected chi connectivity index (χ3v) is 3.80. The van der Waals surface area contributed by atoms with Crippen LogP contribution in [0.25, 0.3) is 0 Å². The standard InChI is InChI=1S/C14H20ClNO/c1-2-11-4-3-5-13(8-11)17-10-12-6-7-16-14(15)9-12/h6-7,9,11,13H,2-5,8,10H2,1H3. The van der Waals surface area contributed by atoms with E-state index in [1.807, 2.05) is 12.1 Å². The van der Waals surface area contributed by atoms with Crippen LogP contribution in [0.4, 0.5) is 0 Å². The Hall–Kier alpha value is -0.600. The Labute approximate surface area is 108 Å². The van der Waals surface area contributed by atoms with E-state index in [1.165, 1.54) is 32.1 Å². The van der Waals surface area contributed by atoms with Gasteiger partial charge in [0, 0.05) is 6.20 Å². The van der Waals surface area contributed by atoms with Gasteiger partial charge in [0.15, 0.2) is 0 Å². The van der Waals surface area contributed by atoms with Crippen molar-refractivity contribution >= 4 is 11.6 Å². The lowest BCUT2D eigenvalue weighted by molar-refractivity contribution is 0.00175. The smallest absolute Gasteiger partial charge is 0.129 e. The summed E-state index contributed by atoms with van der Waals surface area (Å²) in [4.78, 5) is 3.97. The lowest BCUT2D eigenvalue weighted by Crippen LogP contribution is -2.22. The third-order valence-electron chi connectivity index (χ3n) is 3.59. The van der Waals surface area contributed by atoms with Gasteiger partial charge in [-0.2, -0.15) is 0 Å². The molecule has 0 saturated heterocycles. The number of rotatable bonds is 4. The maximum Gasteiger partial charge on any atom is 0.129 e. The molecule has 17 heavy (non-hydrogen) atoms. The van der Waals surface area contributed by atoms with Crippen molar-refractivity contribution in [1.29, 1.82) is 0 Å². The summed E-state index contributed by atoms with van der Waals surface area (Å²) in [7, 11) is 0. The molecule has 1 saturated carbocycles. The first kappa shape index (κ1) is 12.8. The molecule has 1 aromatic heterocycles. The van der Waals surface area contributed by atoms with Crippen LogP contribution in [0.2, 0.25) is 5.15 Å². The van der Waals surface area contributed by atoms with Crippen molar-refractivity contribution in [3.05, 3.63) is 29.0 Å². The zero-order chi connectivity index (χ0) is 12.1. The summed E-state index contributed by atoms with van der Waals surface area (Å²) in [6.07, 6.45) is 8.54. The summed E-state index contributed by atoms with van der Waals surface area (Å²) in [5.74, 6) is 0.856. The van der Waals surface area contributed by atoms with E-state index in [-0.39, 0.29) is 0 Å². The molecule has 1 fully saturated rings. The van der Waals surface area contributed by atoms with Gasteiger partial charge < -0.3 is 4.74 Å². The largest absolute Gasteiger partial charge is 0.374 e. The van der Waals surface area contributed by atoms with Crippen LogP contribution in [0, 0.1) is 5.92 Å². The minimum absolute atomic E-state index is 0.431. The van der Waals surface area contributed by atoms with Crippen molar-refractivity contribution in [2.45, 2.75) is 51.7 Å². The molecular weight excluding hydrogens is 234 g/mol. The zero-order valence-corrected chi connectivity index (χ0v) is 11.1. The Bertz CT molecular complexity index is 356. The highest BCUT2D eigenvalue weighted by Crippen LogP contribution is 2.28. The van der Waals surface area contributed by atoms with Gasteiger partial charge in [0.1, 0.15) is 5.15 Å². The van der Waals surface area contributed by atoms with Crippen LogP contribution in [0.15, 0.2) is 18.3 Å². The van der Waals surface area contributed by atoms with E-state index < -0.39 is 0 Å². The van der Waals surface area contributed by atoms with Crippen molar-refractivity contribution in [1.82, 2.24) is 4.98 Å². The number of pyridine rings is 1. The predicted molar refractivity (Wildman–Crippen MR) is 70.1 cm³/mol. The zero-order valence-electron chi connectivity index (χ0n) is 10.4. The Kier molecular flexibility index (Phi) is 4.81. The molecule has 0 bridgehead atoms. The Morgan fingerprint density at radius 2 is 2.35 bits per heavy atom. The third kappa shape index (κ3) is 3.97. The van der Waals surface area contributed by atoms with Crippen LogP contribution in [-0.2, 0) is 11.3 Å². The fourth-order valence-electron chi connectivity index (χ4n) is 2.51. The maximum absolute atomic E-state index is 5.97. The molecule has 1 aromatic rings. The van der Waals surface area contributed by atoms with Crippen LogP contribution in [-0.4, -0.2) is 11.1 Å². The minimum Gasteiger partial charge on any atom is -0.374 e. The highest BCUT2D eigenvalue weighted by atomic mass is 35.5. The van der Waals surface area contributed by atoms with E-state index in [0.29, 0.717) is 17.9 Å². The lowest BCUT2D eigenvalue weighted by atomic mass is 9.85. The average Bonchev–Trinajstić information content (AvgIpc) is 2.37. The van der Waals surface area contributed by atoms with Crippen molar-refractivity contribution in [2.75, 3.05) is 0 Å². The molecule has 0 aromatic carbocycles. The quantitative estimate of drug-likeness (QED) is 0.750. The highest BCUT2D eigenvalue weighted by Gasteiger charge is 2.21. The molecule has 2 atom stereocenters. The number of halogens is 1. The number of hydrogen-bond acceptors (Lipinski definition) is 2. The number of ether oxygens (including phenoxy) is 1. The monoisotopic (exact) mass is 253 g/mol. The first-order chi connectivity index (χ1) is 8.28. The molecule has 94 valence electrons. The molecule has 1 aliphatic carbocycles. The van der Waals surface area contributed by atoms with Crippen molar-refractivity contribution < 1.29 is 4.74 Å². The normalized spacial score (nSPS) is 24.8. The number of nitrogens with zero attached hydrogens (tertiary/aromatic N) is 1. The Balaban J connectivity index is 1.81. The van der Waals surface area contributed by atoms with Crippen LogP contribution in [0.1, 0.15) is 44.6 Å². The fraction of sp³-hybridized carbons (Fsp3) is 0.643. The van der Waals surface area contributed by atoms with Gasteiger partial charge in [0.05, 0.1) is 12.7 Å². The maximum atomic E-state index is 5.97. The van der Waals surface area contributed by atoms with Gasteiger partial charge >= 0.3 is 0 Å². The van der Waals surface area contributed by atoms with Crippen LogP contribution < -0.4 is 0 Å². The minimum atomic E-state index is 0.431. The van der Waals surface area contributed by atoms with Crippen LogP contribution in [0.3, 0.4) is 0 Å². The lowest BCUT2D eigenvalue weighted by Gasteiger charge is -2.28. The van der Waals surface area contributed by atoms with E-state index in [4.69, 9.17) is 16.3 Å². The first-order valence-electron chi connectivity index (χ1n) is 6.50. The highest BCUT2D eigenvalue weighted by molar-refractivity contribution is 6.29. The predicted octanol–water partition coefficient (Wildman–Crippen LogP) is 4.22. The molecule has 0 spiro atoms. The number of aromatic nitrogens is 1. The Morgan fingerprint density at radius 1 is 1.47 bits per heavy atom. The molecule has 0 amide bonds. The van der Waals surface area contributed by atoms with Gasteiger partial charge in [-0.1, -0.05) is 37.8 Å². The second-order valence-corrected chi connectivity index (χ2v) is 5.25. The van der Waals surface area contributed by atoms with E-state index in [0.717, 1.165) is 11.5 Å². The second kappa shape index (κ2) is 6.36. The molecule has 1 heterocycles. The second-order valence-electron chi connectivity index (χ2n) is 4.86. The molecule has 1 aliphatic rings. The fourth-order valence-corrected chi connectivity index (χ4v) is 2.71. The van der Waals surface area contributed by atoms with Gasteiger partial charge in [-0.25, -0.2) is 4.98 Å². The topological polar surface area (TPSA) is 22.1 Å². The van der Waals surface area contributed by atoms with E-state index >= 15 is 0 Å². The molecule has 0 aliphatic heterocycles. The summed E-state index contributed by atoms with van der Waals surface area (Å²) in [6.45, 7) is 2.93. The van der Waals surface area contributed by atoms with Gasteiger partial charge in [0.2, 0.25) is 0 Å². The molecule has 2 unspecified atom stereocenters. The van der Waals surface area contributed by atoms with Gasteiger partial charge in [-0.05, 0) is 36.5 Å². The molecule has 2 rings (SSSR count). The van der Waals surface area contributed by atoms with E-state index in [9.17, 15) is 0 Å². The Morgan fingerprint density at radius 3 is 3.12 bits per heavy atom. The van der Waals surface area contributed by atoms with Crippen LogP contribution >= 0.6 is 11.6 Å². The van der Waals surface area contributed by atoms with E-state index in [1.54, 1.807) is 6.20 Å². The molecule has 0 N–H and O–H groups in total. The summed E-state index contributed by atoms with van der Waals surface area (Å²) in [5, 5.41) is 0.543. The van der Waals surface area contributed by atoms with E-state index in [2.05, 4.69) is 11.9 Å². The van der Waals surface area contributed by atoms with Gasteiger partial charge in [-0.15, -0.1) is 0 Å². The SMILES string of the molecule is CCC1CCCC(OCc2ccnc(Cl)c2)C1. The molecule has 2 nitrogen and oxygen atoms in total. The first-order valence-corrected chi connectivity index (χ1v) is 6.87. The average molecular weight is 254 g/mol. The van der Waals surface area contributed by atoms with Gasteiger partial charge in [0.25, 0.3) is 0 Å². The molecular formula is C14H20ClNO. The molecule has 3 heteroatoms. The summed E-state index contributed by atoms with van der Waals surface area (Å²) < 4.78 is 5.97. The van der Waals surface area contributed by atoms with Crippen molar-refractivity contribution in [2.24, 2.45) is 5.92 Å². The summed E-state index contributed by atoms with van der Waals surface area (Å²) in [5.41, 5.74) is 1.11. The summed E-state index contributed by atoms with van der Waals surface area (Å²) >= 11 is 5.85. The van der Waals surface area contributed by atoms with Crippen molar-refractivity contribution in [3.63, 3.8) is 0 Å². The molecule has 0 radical (unpaired) electrons. The van der Waals surface area contributed by atoms with Crippen LogP contribution in [0.5, 0.6) is 0 Å². The van der Waals surface area contributed by atoms with Crippen molar-refractivity contribution in [3.8, 4) is 0 Å². The number of hydrogen-bond donors (Lipinski definition) is 0. The summed E-state index contributed by atoms with van der Waals surface area (Å²) in [6, 6.07) is 3.84.